The maximum Gasteiger partial charge on any atom is 0.327 e. The molecular weight excluding hydrogens is 420 g/mol. The van der Waals surface area contributed by atoms with Crippen LogP contribution in [0.1, 0.15) is 19.5 Å². The number of aromatic nitrogens is 1. The number of thiocarbonyl (C=S) groups is 1. The lowest BCUT2D eigenvalue weighted by atomic mass is 10.0. The quantitative estimate of drug-likeness (QED) is 0.555. The second-order valence-corrected chi connectivity index (χ2v) is 8.54. The van der Waals surface area contributed by atoms with Gasteiger partial charge in [-0.3, -0.25) is 9.69 Å². The fourth-order valence-electron chi connectivity index (χ4n) is 2.97. The van der Waals surface area contributed by atoms with Gasteiger partial charge in [0.2, 0.25) is 0 Å². The minimum Gasteiger partial charge on any atom is -0.494 e. The Kier molecular flexibility index (Phi) is 5.92. The van der Waals surface area contributed by atoms with Crippen molar-refractivity contribution in [1.82, 2.24) is 9.88 Å². The van der Waals surface area contributed by atoms with Crippen molar-refractivity contribution in [2.45, 2.75) is 19.9 Å². The molecule has 1 aliphatic rings. The van der Waals surface area contributed by atoms with Crippen LogP contribution in [-0.2, 0) is 9.59 Å². The first-order valence-electron chi connectivity index (χ1n) is 8.37. The fourth-order valence-corrected chi connectivity index (χ4v) is 4.49. The number of carboxylic acid groups (broad SMARTS) is 1. The van der Waals surface area contributed by atoms with Crippen molar-refractivity contribution in [3.8, 4) is 5.75 Å². The van der Waals surface area contributed by atoms with Gasteiger partial charge >= 0.3 is 5.97 Å². The van der Waals surface area contributed by atoms with Crippen LogP contribution in [0.3, 0.4) is 0 Å². The molecular formula is C19H17ClN2O4S2. The molecule has 0 radical (unpaired) electrons. The summed E-state index contributed by atoms with van der Waals surface area (Å²) in [5.41, 5.74) is 1.09. The van der Waals surface area contributed by atoms with Crippen molar-refractivity contribution in [3.05, 3.63) is 39.9 Å². The zero-order valence-electron chi connectivity index (χ0n) is 15.3. The monoisotopic (exact) mass is 436 g/mol. The summed E-state index contributed by atoms with van der Waals surface area (Å²) in [6.07, 6.45) is 1.60. The van der Waals surface area contributed by atoms with Gasteiger partial charge in [-0.15, -0.1) is 0 Å². The molecule has 1 amide bonds. The highest BCUT2D eigenvalue weighted by atomic mass is 35.5. The van der Waals surface area contributed by atoms with E-state index < -0.39 is 17.9 Å². The molecule has 1 atom stereocenters. The average Bonchev–Trinajstić information content (AvgIpc) is 2.89. The maximum atomic E-state index is 12.8. The van der Waals surface area contributed by atoms with Gasteiger partial charge in [-0.1, -0.05) is 49.4 Å². The highest BCUT2D eigenvalue weighted by Gasteiger charge is 2.41. The number of rotatable bonds is 5. The van der Waals surface area contributed by atoms with E-state index in [4.69, 9.17) is 28.6 Å². The average molecular weight is 437 g/mol. The van der Waals surface area contributed by atoms with Gasteiger partial charge in [0.15, 0.2) is 0 Å². The van der Waals surface area contributed by atoms with Gasteiger partial charge in [0.25, 0.3) is 5.91 Å². The van der Waals surface area contributed by atoms with Crippen LogP contribution in [0.5, 0.6) is 5.75 Å². The SMILES string of the molecule is COc1ccc(Cl)c2ccc(/C=C3/SC(=S)N([C@@H](C(=O)O)C(C)C)C3=O)nc12. The number of benzene rings is 1. The van der Waals surface area contributed by atoms with Crippen molar-refractivity contribution in [1.29, 1.82) is 0 Å². The summed E-state index contributed by atoms with van der Waals surface area (Å²) in [6.45, 7) is 3.48. The molecule has 0 bridgehead atoms. The molecule has 9 heteroatoms. The topological polar surface area (TPSA) is 79.7 Å². The highest BCUT2D eigenvalue weighted by Crippen LogP contribution is 2.36. The van der Waals surface area contributed by atoms with Gasteiger partial charge in [-0.05, 0) is 36.3 Å². The number of amides is 1. The minimum absolute atomic E-state index is 0.221. The molecule has 0 saturated carbocycles. The zero-order valence-corrected chi connectivity index (χ0v) is 17.7. The van der Waals surface area contributed by atoms with Gasteiger partial charge in [-0.2, -0.15) is 0 Å². The normalized spacial score (nSPS) is 17.0. The number of methoxy groups -OCH3 is 1. The highest BCUT2D eigenvalue weighted by molar-refractivity contribution is 8.26. The first kappa shape index (κ1) is 20.6. The van der Waals surface area contributed by atoms with E-state index in [2.05, 4.69) is 4.98 Å². The van der Waals surface area contributed by atoms with E-state index in [1.165, 1.54) is 0 Å². The summed E-state index contributed by atoms with van der Waals surface area (Å²) in [5, 5.41) is 10.8. The van der Waals surface area contributed by atoms with E-state index in [1.54, 1.807) is 51.3 Å². The van der Waals surface area contributed by atoms with Gasteiger partial charge in [0.05, 0.1) is 22.7 Å². The van der Waals surface area contributed by atoms with Crippen LogP contribution < -0.4 is 4.74 Å². The lowest BCUT2D eigenvalue weighted by molar-refractivity contribution is -0.146. The van der Waals surface area contributed by atoms with Crippen LogP contribution in [0.15, 0.2) is 29.2 Å². The summed E-state index contributed by atoms with van der Waals surface area (Å²) in [6, 6.07) is 5.97. The maximum absolute atomic E-state index is 12.8. The third-order valence-electron chi connectivity index (χ3n) is 4.27. The van der Waals surface area contributed by atoms with E-state index in [9.17, 15) is 14.7 Å². The van der Waals surface area contributed by atoms with E-state index in [0.717, 1.165) is 22.0 Å². The smallest absolute Gasteiger partial charge is 0.327 e. The molecule has 1 fully saturated rings. The fraction of sp³-hybridized carbons (Fsp3) is 0.263. The molecule has 1 aromatic carbocycles. The largest absolute Gasteiger partial charge is 0.494 e. The lowest BCUT2D eigenvalue weighted by Gasteiger charge is -2.26. The summed E-state index contributed by atoms with van der Waals surface area (Å²) in [5.74, 6) is -1.25. The van der Waals surface area contributed by atoms with Crippen molar-refractivity contribution < 1.29 is 19.4 Å². The Labute approximate surface area is 176 Å². The van der Waals surface area contributed by atoms with Crippen molar-refractivity contribution in [3.63, 3.8) is 0 Å². The molecule has 1 aromatic heterocycles. The Bertz CT molecular complexity index is 1020. The number of nitrogens with zero attached hydrogens (tertiary/aromatic N) is 2. The van der Waals surface area contributed by atoms with Gasteiger partial charge < -0.3 is 9.84 Å². The zero-order chi connectivity index (χ0) is 20.6. The first-order valence-corrected chi connectivity index (χ1v) is 9.98. The summed E-state index contributed by atoms with van der Waals surface area (Å²) in [4.78, 5) is 30.5. The summed E-state index contributed by atoms with van der Waals surface area (Å²) >= 11 is 12.5. The van der Waals surface area contributed by atoms with E-state index in [1.807, 2.05) is 0 Å². The Balaban J connectivity index is 2.01. The third kappa shape index (κ3) is 3.72. The number of aliphatic carboxylic acids is 1. The van der Waals surface area contributed by atoms with Crippen LogP contribution in [0.4, 0.5) is 0 Å². The molecule has 3 rings (SSSR count). The van der Waals surface area contributed by atoms with Gasteiger partial charge in [0, 0.05) is 5.39 Å². The number of carbonyl (C=O) groups is 2. The Morgan fingerprint density at radius 2 is 2.07 bits per heavy atom. The molecule has 146 valence electrons. The number of hydrogen-bond acceptors (Lipinski definition) is 6. The third-order valence-corrected chi connectivity index (χ3v) is 5.93. The van der Waals surface area contributed by atoms with Gasteiger partial charge in [0.1, 0.15) is 21.6 Å². The molecule has 0 spiro atoms. The van der Waals surface area contributed by atoms with Crippen LogP contribution in [0.2, 0.25) is 5.02 Å². The lowest BCUT2D eigenvalue weighted by Crippen LogP contribution is -2.47. The number of fused-ring (bicyclic) bond motifs is 1. The number of hydrogen-bond donors (Lipinski definition) is 1. The Morgan fingerprint density at radius 3 is 2.68 bits per heavy atom. The van der Waals surface area contributed by atoms with Crippen LogP contribution in [-0.4, -0.2) is 44.3 Å². The molecule has 2 aromatic rings. The van der Waals surface area contributed by atoms with Crippen LogP contribution in [0, 0.1) is 5.92 Å². The number of carboxylic acids is 1. The first-order chi connectivity index (χ1) is 13.2. The number of halogens is 1. The molecule has 6 nitrogen and oxygen atoms in total. The molecule has 1 N–H and O–H groups in total. The standard InChI is InChI=1S/C19H17ClN2O4S2/c1-9(2)16(18(24)25)22-17(23)14(28-19(22)27)8-10-4-5-11-12(20)6-7-13(26-3)15(11)21-10/h4-9,16H,1-3H3,(H,24,25)/b14-8+/t16-/m1/s1. The van der Waals surface area contributed by atoms with Crippen molar-refractivity contribution >= 4 is 68.8 Å². The molecule has 28 heavy (non-hydrogen) atoms. The van der Waals surface area contributed by atoms with E-state index in [0.29, 0.717) is 26.9 Å². The van der Waals surface area contributed by atoms with Gasteiger partial charge in [-0.25, -0.2) is 9.78 Å². The molecule has 1 saturated heterocycles. The van der Waals surface area contributed by atoms with Crippen molar-refractivity contribution in [2.24, 2.45) is 5.92 Å². The molecule has 0 aliphatic carbocycles. The van der Waals surface area contributed by atoms with Crippen LogP contribution >= 0.6 is 35.6 Å². The molecule has 2 heterocycles. The Morgan fingerprint density at radius 1 is 1.36 bits per heavy atom. The van der Waals surface area contributed by atoms with E-state index >= 15 is 0 Å². The second kappa shape index (κ2) is 8.06. The second-order valence-electron chi connectivity index (χ2n) is 6.46. The predicted molar refractivity (Wildman–Crippen MR) is 115 cm³/mol. The van der Waals surface area contributed by atoms with E-state index in [-0.39, 0.29) is 10.2 Å². The summed E-state index contributed by atoms with van der Waals surface area (Å²) in [7, 11) is 1.54. The Hall–Kier alpha value is -2.16. The molecule has 1 aliphatic heterocycles. The number of ether oxygens (including phenoxy) is 1. The summed E-state index contributed by atoms with van der Waals surface area (Å²) < 4.78 is 5.56. The number of pyridine rings is 1. The van der Waals surface area contributed by atoms with Crippen LogP contribution in [0.25, 0.3) is 17.0 Å². The predicted octanol–water partition coefficient (Wildman–Crippen LogP) is 4.21. The van der Waals surface area contributed by atoms with Crippen molar-refractivity contribution in [2.75, 3.05) is 7.11 Å². The number of carbonyl (C=O) groups excluding carboxylic acids is 1. The minimum atomic E-state index is -1.09. The number of thioether (sulfide) groups is 1. The molecule has 0 unspecified atom stereocenters.